The average Bonchev–Trinajstić information content (AvgIpc) is 2.58. The Kier molecular flexibility index (Phi) is 4.84. The molecule has 0 amide bonds. The maximum atomic E-state index is 4.30. The fourth-order valence-electron chi connectivity index (χ4n) is 1.21. The Balaban J connectivity index is 2.23. The van der Waals surface area contributed by atoms with Crippen LogP contribution in [0.3, 0.4) is 0 Å². The second-order valence-electron chi connectivity index (χ2n) is 3.51. The van der Waals surface area contributed by atoms with E-state index in [1.807, 2.05) is 12.3 Å². The van der Waals surface area contributed by atoms with Crippen molar-refractivity contribution in [2.45, 2.75) is 39.3 Å². The van der Waals surface area contributed by atoms with Crippen molar-refractivity contribution in [1.82, 2.24) is 10.3 Å². The van der Waals surface area contributed by atoms with Crippen molar-refractivity contribution in [2.24, 2.45) is 0 Å². The number of thiazole rings is 1. The third-order valence-electron chi connectivity index (χ3n) is 2.07. The van der Waals surface area contributed by atoms with Crippen molar-refractivity contribution in [3.05, 3.63) is 28.7 Å². The van der Waals surface area contributed by atoms with E-state index >= 15 is 0 Å². The van der Waals surface area contributed by atoms with E-state index < -0.39 is 0 Å². The predicted octanol–water partition coefficient (Wildman–Crippen LogP) is 2.90. The van der Waals surface area contributed by atoms with E-state index in [1.165, 1.54) is 9.88 Å². The van der Waals surface area contributed by atoms with Crippen LogP contribution in [0.2, 0.25) is 0 Å². The molecule has 1 aromatic rings. The van der Waals surface area contributed by atoms with Gasteiger partial charge in [0.2, 0.25) is 0 Å². The molecule has 0 aromatic carbocycles. The van der Waals surface area contributed by atoms with Gasteiger partial charge in [0.15, 0.2) is 0 Å². The summed E-state index contributed by atoms with van der Waals surface area (Å²) in [6, 6.07) is 0.539. The Morgan fingerprint density at radius 2 is 2.50 bits per heavy atom. The summed E-state index contributed by atoms with van der Waals surface area (Å²) in [7, 11) is 0. The topological polar surface area (TPSA) is 24.9 Å². The van der Waals surface area contributed by atoms with Gasteiger partial charge in [-0.2, -0.15) is 0 Å². The van der Waals surface area contributed by atoms with Crippen LogP contribution in [0, 0.1) is 6.92 Å². The summed E-state index contributed by atoms with van der Waals surface area (Å²) in [6.07, 6.45) is 6.11. The molecular weight excluding hydrogens is 192 g/mol. The van der Waals surface area contributed by atoms with Gasteiger partial charge in [-0.1, -0.05) is 6.08 Å². The lowest BCUT2D eigenvalue weighted by molar-refractivity contribution is 0.517. The van der Waals surface area contributed by atoms with Crippen molar-refractivity contribution < 1.29 is 0 Å². The van der Waals surface area contributed by atoms with Gasteiger partial charge in [0.25, 0.3) is 0 Å². The van der Waals surface area contributed by atoms with Crippen LogP contribution in [0.1, 0.15) is 29.7 Å². The summed E-state index contributed by atoms with van der Waals surface area (Å²) >= 11 is 1.76. The normalized spacial score (nSPS) is 12.7. The van der Waals surface area contributed by atoms with Crippen LogP contribution >= 0.6 is 11.3 Å². The van der Waals surface area contributed by atoms with E-state index in [-0.39, 0.29) is 0 Å². The van der Waals surface area contributed by atoms with Crippen LogP contribution in [0.25, 0.3) is 0 Å². The van der Waals surface area contributed by atoms with Gasteiger partial charge in [-0.05, 0) is 26.7 Å². The third-order valence-corrected chi connectivity index (χ3v) is 2.99. The van der Waals surface area contributed by atoms with Gasteiger partial charge < -0.3 is 5.32 Å². The highest BCUT2D eigenvalue weighted by Crippen LogP contribution is 2.11. The first-order valence-electron chi connectivity index (χ1n) is 4.98. The minimum absolute atomic E-state index is 0.539. The van der Waals surface area contributed by atoms with Crippen molar-refractivity contribution in [3.8, 4) is 0 Å². The molecule has 3 heteroatoms. The molecule has 0 spiro atoms. The molecule has 1 N–H and O–H groups in total. The zero-order valence-electron chi connectivity index (χ0n) is 8.92. The van der Waals surface area contributed by atoms with Crippen molar-refractivity contribution in [2.75, 3.05) is 0 Å². The molecule has 0 aliphatic heterocycles. The van der Waals surface area contributed by atoms with E-state index in [2.05, 4.69) is 30.7 Å². The summed E-state index contributed by atoms with van der Waals surface area (Å²) < 4.78 is 0. The molecule has 1 heterocycles. The molecule has 1 rings (SSSR count). The lowest BCUT2D eigenvalue weighted by atomic mass is 10.2. The molecule has 14 heavy (non-hydrogen) atoms. The lowest BCUT2D eigenvalue weighted by Crippen LogP contribution is -2.24. The zero-order chi connectivity index (χ0) is 10.4. The number of hydrogen-bond acceptors (Lipinski definition) is 3. The highest BCUT2D eigenvalue weighted by atomic mass is 32.1. The van der Waals surface area contributed by atoms with Crippen molar-refractivity contribution in [3.63, 3.8) is 0 Å². The Hall–Kier alpha value is -0.670. The molecule has 2 nitrogen and oxygen atoms in total. The van der Waals surface area contributed by atoms with Gasteiger partial charge in [-0.3, -0.25) is 0 Å². The molecular formula is C11H18N2S. The quantitative estimate of drug-likeness (QED) is 0.730. The van der Waals surface area contributed by atoms with Crippen LogP contribution < -0.4 is 5.32 Å². The minimum Gasteiger partial charge on any atom is -0.308 e. The summed E-state index contributed by atoms with van der Waals surface area (Å²) in [5.41, 5.74) is 0. The first kappa shape index (κ1) is 11.4. The molecule has 0 radical (unpaired) electrons. The smallest absolute Gasteiger partial charge is 0.107 e. The van der Waals surface area contributed by atoms with Crippen LogP contribution in [0.4, 0.5) is 0 Å². The molecule has 0 fully saturated rings. The third kappa shape index (κ3) is 4.03. The van der Waals surface area contributed by atoms with Crippen LogP contribution in [-0.2, 0) is 6.54 Å². The average molecular weight is 210 g/mol. The van der Waals surface area contributed by atoms with E-state index in [0.717, 1.165) is 19.4 Å². The van der Waals surface area contributed by atoms with Crippen LogP contribution in [0.5, 0.6) is 0 Å². The summed E-state index contributed by atoms with van der Waals surface area (Å²) in [6.45, 7) is 8.89. The molecule has 1 atom stereocenters. The fourth-order valence-corrected chi connectivity index (χ4v) is 1.95. The molecule has 0 unspecified atom stereocenters. The van der Waals surface area contributed by atoms with E-state index in [9.17, 15) is 0 Å². The van der Waals surface area contributed by atoms with Gasteiger partial charge in [0.05, 0.1) is 0 Å². The van der Waals surface area contributed by atoms with Crippen molar-refractivity contribution in [1.29, 1.82) is 0 Å². The van der Waals surface area contributed by atoms with Crippen LogP contribution in [0.15, 0.2) is 18.9 Å². The Bertz CT molecular complexity index is 281. The largest absolute Gasteiger partial charge is 0.308 e. The Labute approximate surface area is 90.1 Å². The number of aryl methyl sites for hydroxylation is 1. The summed E-state index contributed by atoms with van der Waals surface area (Å²) in [4.78, 5) is 5.58. The highest BCUT2D eigenvalue weighted by Gasteiger charge is 2.02. The Morgan fingerprint density at radius 3 is 3.07 bits per heavy atom. The monoisotopic (exact) mass is 210 g/mol. The standard InChI is InChI=1S/C11H18N2S/c1-4-5-6-9(2)12-8-11-13-7-10(3)14-11/h4,7,9,12H,1,5-6,8H2,2-3H3/t9-/m0/s1. The fraction of sp³-hybridized carbons (Fsp3) is 0.545. The molecule has 0 aliphatic carbocycles. The highest BCUT2D eigenvalue weighted by molar-refractivity contribution is 7.11. The zero-order valence-corrected chi connectivity index (χ0v) is 9.73. The number of nitrogens with one attached hydrogen (secondary N) is 1. The van der Waals surface area contributed by atoms with E-state index in [4.69, 9.17) is 0 Å². The number of hydrogen-bond donors (Lipinski definition) is 1. The van der Waals surface area contributed by atoms with Gasteiger partial charge in [0, 0.05) is 23.7 Å². The molecule has 0 bridgehead atoms. The molecule has 78 valence electrons. The number of nitrogens with zero attached hydrogens (tertiary/aromatic N) is 1. The Morgan fingerprint density at radius 1 is 1.71 bits per heavy atom. The van der Waals surface area contributed by atoms with Gasteiger partial charge in [0.1, 0.15) is 5.01 Å². The first-order chi connectivity index (χ1) is 6.72. The SMILES string of the molecule is C=CCC[C@H](C)NCc1ncc(C)s1. The second kappa shape index (κ2) is 5.94. The second-order valence-corrected chi connectivity index (χ2v) is 4.83. The molecule has 0 saturated heterocycles. The van der Waals surface area contributed by atoms with E-state index in [1.54, 1.807) is 11.3 Å². The molecule has 1 aromatic heterocycles. The number of rotatable bonds is 6. The maximum Gasteiger partial charge on any atom is 0.107 e. The number of allylic oxidation sites excluding steroid dienone is 1. The van der Waals surface area contributed by atoms with Gasteiger partial charge in [-0.15, -0.1) is 17.9 Å². The lowest BCUT2D eigenvalue weighted by Gasteiger charge is -2.10. The first-order valence-corrected chi connectivity index (χ1v) is 5.79. The number of aromatic nitrogens is 1. The maximum absolute atomic E-state index is 4.30. The van der Waals surface area contributed by atoms with Gasteiger partial charge in [-0.25, -0.2) is 4.98 Å². The molecule has 0 saturated carbocycles. The summed E-state index contributed by atoms with van der Waals surface area (Å²) in [5.74, 6) is 0. The predicted molar refractivity (Wildman–Crippen MR) is 62.6 cm³/mol. The van der Waals surface area contributed by atoms with Crippen LogP contribution in [-0.4, -0.2) is 11.0 Å². The minimum atomic E-state index is 0.539. The molecule has 0 aliphatic rings. The van der Waals surface area contributed by atoms with Crippen molar-refractivity contribution >= 4 is 11.3 Å². The summed E-state index contributed by atoms with van der Waals surface area (Å²) in [5, 5.41) is 4.62. The van der Waals surface area contributed by atoms with Gasteiger partial charge >= 0.3 is 0 Å². The van der Waals surface area contributed by atoms with E-state index in [0.29, 0.717) is 6.04 Å².